The summed E-state index contributed by atoms with van der Waals surface area (Å²) in [6.45, 7) is 4.76. The minimum Gasteiger partial charge on any atom is -0.494 e. The predicted molar refractivity (Wildman–Crippen MR) is 64.9 cm³/mol. The molecule has 0 radical (unpaired) electrons. The van der Waals surface area contributed by atoms with Crippen molar-refractivity contribution in [1.29, 1.82) is 0 Å². The molecule has 0 aliphatic carbocycles. The van der Waals surface area contributed by atoms with Gasteiger partial charge in [-0.2, -0.15) is 0 Å². The van der Waals surface area contributed by atoms with Crippen molar-refractivity contribution in [2.75, 3.05) is 6.61 Å². The molecule has 1 atom stereocenters. The van der Waals surface area contributed by atoms with Crippen molar-refractivity contribution in [3.8, 4) is 5.75 Å². The number of cyclic esters (lactones) is 1. The average Bonchev–Trinajstić information content (AvgIpc) is 2.68. The van der Waals surface area contributed by atoms with Gasteiger partial charge in [-0.05, 0) is 31.0 Å². The predicted octanol–water partition coefficient (Wildman–Crippen LogP) is 3.03. The number of esters is 1. The van der Waals surface area contributed by atoms with E-state index in [-0.39, 0.29) is 5.97 Å². The topological polar surface area (TPSA) is 35.5 Å². The lowest BCUT2D eigenvalue weighted by atomic mass is 9.93. The number of carbonyl (C=O) groups is 1. The molecule has 0 aromatic heterocycles. The zero-order valence-electron chi connectivity index (χ0n) is 10.4. The number of ether oxygens (including phenoxy) is 2. The molecule has 3 nitrogen and oxygen atoms in total. The first-order chi connectivity index (χ1) is 8.14. The summed E-state index contributed by atoms with van der Waals surface area (Å²) in [5, 5.41) is 0. The minimum atomic E-state index is -0.458. The fourth-order valence-corrected chi connectivity index (χ4v) is 2.02. The Morgan fingerprint density at radius 2 is 2.06 bits per heavy atom. The summed E-state index contributed by atoms with van der Waals surface area (Å²) in [5.74, 6) is 0.752. The highest BCUT2D eigenvalue weighted by molar-refractivity contribution is 5.72. The summed E-state index contributed by atoms with van der Waals surface area (Å²) in [5.41, 5.74) is 0.576. The molecule has 1 saturated heterocycles. The van der Waals surface area contributed by atoms with E-state index in [9.17, 15) is 4.79 Å². The second kappa shape index (κ2) is 4.78. The normalized spacial score (nSPS) is 23.5. The Bertz CT molecular complexity index is 396. The van der Waals surface area contributed by atoms with Crippen LogP contribution in [0.25, 0.3) is 0 Å². The lowest BCUT2D eigenvalue weighted by Crippen LogP contribution is -2.20. The Kier molecular flexibility index (Phi) is 3.36. The molecule has 0 bridgehead atoms. The van der Waals surface area contributed by atoms with Crippen molar-refractivity contribution in [1.82, 2.24) is 0 Å². The van der Waals surface area contributed by atoms with E-state index in [1.807, 2.05) is 31.2 Å². The van der Waals surface area contributed by atoms with Crippen LogP contribution in [0.1, 0.15) is 38.7 Å². The van der Waals surface area contributed by atoms with Crippen molar-refractivity contribution in [3.63, 3.8) is 0 Å². The standard InChI is InChI=1S/C14H18O3/c1-3-10-16-12-6-4-11(5-7-12)14(2)9-8-13(15)17-14/h4-7H,3,8-10H2,1-2H3. The average molecular weight is 234 g/mol. The molecule has 1 fully saturated rings. The summed E-state index contributed by atoms with van der Waals surface area (Å²) in [7, 11) is 0. The molecule has 1 aromatic carbocycles. The molecule has 92 valence electrons. The number of benzene rings is 1. The molecule has 2 rings (SSSR count). The summed E-state index contributed by atoms with van der Waals surface area (Å²) in [6, 6.07) is 7.82. The van der Waals surface area contributed by atoms with Gasteiger partial charge in [0.25, 0.3) is 0 Å². The smallest absolute Gasteiger partial charge is 0.306 e. The maximum absolute atomic E-state index is 11.2. The SMILES string of the molecule is CCCOc1ccc(C2(C)CCC(=O)O2)cc1. The van der Waals surface area contributed by atoms with Crippen LogP contribution < -0.4 is 4.74 Å². The first-order valence-electron chi connectivity index (χ1n) is 6.09. The van der Waals surface area contributed by atoms with Crippen LogP contribution in [-0.2, 0) is 15.1 Å². The van der Waals surface area contributed by atoms with E-state index < -0.39 is 5.60 Å². The highest BCUT2D eigenvalue weighted by Gasteiger charge is 2.37. The van der Waals surface area contributed by atoms with Crippen molar-refractivity contribution < 1.29 is 14.3 Å². The molecule has 3 heteroatoms. The lowest BCUT2D eigenvalue weighted by molar-refractivity contribution is -0.147. The van der Waals surface area contributed by atoms with Gasteiger partial charge in [0.1, 0.15) is 11.4 Å². The number of hydrogen-bond acceptors (Lipinski definition) is 3. The molecule has 1 aromatic rings. The van der Waals surface area contributed by atoms with Gasteiger partial charge in [-0.25, -0.2) is 0 Å². The minimum absolute atomic E-state index is 0.112. The van der Waals surface area contributed by atoms with Gasteiger partial charge in [0, 0.05) is 12.8 Å². The Morgan fingerprint density at radius 1 is 1.35 bits per heavy atom. The van der Waals surface area contributed by atoms with Crippen LogP contribution in [0.4, 0.5) is 0 Å². The maximum atomic E-state index is 11.2. The molecular formula is C14H18O3. The van der Waals surface area contributed by atoms with E-state index >= 15 is 0 Å². The Labute approximate surface area is 102 Å². The van der Waals surface area contributed by atoms with E-state index in [1.54, 1.807) is 0 Å². The van der Waals surface area contributed by atoms with Crippen LogP contribution in [-0.4, -0.2) is 12.6 Å². The van der Waals surface area contributed by atoms with Gasteiger partial charge >= 0.3 is 5.97 Å². The summed E-state index contributed by atoms with van der Waals surface area (Å²) in [4.78, 5) is 11.2. The van der Waals surface area contributed by atoms with Crippen molar-refractivity contribution in [2.24, 2.45) is 0 Å². The number of carbonyl (C=O) groups excluding carboxylic acids is 1. The number of hydrogen-bond donors (Lipinski definition) is 0. The van der Waals surface area contributed by atoms with Gasteiger partial charge < -0.3 is 9.47 Å². The van der Waals surface area contributed by atoms with Gasteiger partial charge in [-0.3, -0.25) is 4.79 Å². The molecule has 0 N–H and O–H groups in total. The maximum Gasteiger partial charge on any atom is 0.306 e. The summed E-state index contributed by atoms with van der Waals surface area (Å²) >= 11 is 0. The summed E-state index contributed by atoms with van der Waals surface area (Å²) < 4.78 is 10.9. The van der Waals surface area contributed by atoms with E-state index in [2.05, 4.69) is 6.92 Å². The van der Waals surface area contributed by atoms with Crippen LogP contribution in [0.2, 0.25) is 0 Å². The van der Waals surface area contributed by atoms with Crippen LogP contribution >= 0.6 is 0 Å². The fourth-order valence-electron chi connectivity index (χ4n) is 2.02. The molecule has 17 heavy (non-hydrogen) atoms. The summed E-state index contributed by atoms with van der Waals surface area (Å²) in [6.07, 6.45) is 2.25. The van der Waals surface area contributed by atoms with Crippen molar-refractivity contribution in [3.05, 3.63) is 29.8 Å². The lowest BCUT2D eigenvalue weighted by Gasteiger charge is -2.23. The fraction of sp³-hybridized carbons (Fsp3) is 0.500. The van der Waals surface area contributed by atoms with Crippen LogP contribution in [0.15, 0.2) is 24.3 Å². The third kappa shape index (κ3) is 2.60. The highest BCUT2D eigenvalue weighted by Crippen LogP contribution is 2.36. The molecular weight excluding hydrogens is 216 g/mol. The monoisotopic (exact) mass is 234 g/mol. The van der Waals surface area contributed by atoms with Crippen LogP contribution in [0.5, 0.6) is 5.75 Å². The van der Waals surface area contributed by atoms with Gasteiger partial charge in [-0.15, -0.1) is 0 Å². The number of rotatable bonds is 4. The van der Waals surface area contributed by atoms with E-state index in [4.69, 9.17) is 9.47 Å². The van der Waals surface area contributed by atoms with Crippen molar-refractivity contribution >= 4 is 5.97 Å². The molecule has 0 spiro atoms. The first-order valence-corrected chi connectivity index (χ1v) is 6.09. The largest absolute Gasteiger partial charge is 0.494 e. The molecule has 1 aliphatic rings. The molecule has 0 saturated carbocycles. The van der Waals surface area contributed by atoms with Gasteiger partial charge in [-0.1, -0.05) is 19.1 Å². The van der Waals surface area contributed by atoms with Crippen LogP contribution in [0, 0.1) is 0 Å². The van der Waals surface area contributed by atoms with Crippen molar-refractivity contribution in [2.45, 2.75) is 38.7 Å². The molecule has 1 unspecified atom stereocenters. The van der Waals surface area contributed by atoms with Gasteiger partial charge in [0.2, 0.25) is 0 Å². The Balaban J connectivity index is 2.09. The van der Waals surface area contributed by atoms with Crippen LogP contribution in [0.3, 0.4) is 0 Å². The van der Waals surface area contributed by atoms with Gasteiger partial charge in [0.05, 0.1) is 6.61 Å². The second-order valence-electron chi connectivity index (χ2n) is 4.58. The second-order valence-corrected chi connectivity index (χ2v) is 4.58. The zero-order chi connectivity index (χ0) is 12.3. The highest BCUT2D eigenvalue weighted by atomic mass is 16.6. The third-order valence-electron chi connectivity index (χ3n) is 3.08. The quantitative estimate of drug-likeness (QED) is 0.751. The van der Waals surface area contributed by atoms with E-state index in [1.165, 1.54) is 0 Å². The third-order valence-corrected chi connectivity index (χ3v) is 3.08. The molecule has 1 aliphatic heterocycles. The Hall–Kier alpha value is -1.51. The Morgan fingerprint density at radius 3 is 2.59 bits per heavy atom. The first kappa shape index (κ1) is 12.0. The van der Waals surface area contributed by atoms with E-state index in [0.717, 1.165) is 30.8 Å². The van der Waals surface area contributed by atoms with E-state index in [0.29, 0.717) is 6.42 Å². The van der Waals surface area contributed by atoms with Gasteiger partial charge in [0.15, 0.2) is 0 Å². The zero-order valence-corrected chi connectivity index (χ0v) is 10.4. The molecule has 1 heterocycles. The molecule has 0 amide bonds.